The van der Waals surface area contributed by atoms with Gasteiger partial charge in [0.15, 0.2) is 0 Å². The molecule has 160 valence electrons. The van der Waals surface area contributed by atoms with E-state index in [1.54, 1.807) is 19.1 Å². The summed E-state index contributed by atoms with van der Waals surface area (Å²) < 4.78 is 5.49. The number of nitro groups is 1. The van der Waals surface area contributed by atoms with Crippen LogP contribution in [0.5, 0.6) is 0 Å². The SMILES string of the molecule is Cc1c(C#CCCNC(=O)OCC2c3ccccc3-c3ccccc32)cccc1[N+](=O)[O-]. The number of alkyl carbamates (subject to hydrolysis) is 1. The first-order chi connectivity index (χ1) is 15.6. The summed E-state index contributed by atoms with van der Waals surface area (Å²) in [5.74, 6) is 5.90. The summed E-state index contributed by atoms with van der Waals surface area (Å²) in [5, 5.41) is 13.7. The van der Waals surface area contributed by atoms with Gasteiger partial charge >= 0.3 is 6.09 Å². The molecule has 1 aliphatic rings. The molecule has 1 N–H and O–H groups in total. The molecule has 0 heterocycles. The molecule has 6 nitrogen and oxygen atoms in total. The van der Waals surface area contributed by atoms with E-state index in [-0.39, 0.29) is 18.2 Å². The van der Waals surface area contributed by atoms with Crippen molar-refractivity contribution in [3.63, 3.8) is 0 Å². The molecule has 1 amide bonds. The average Bonchev–Trinajstić information content (AvgIpc) is 3.12. The van der Waals surface area contributed by atoms with Crippen LogP contribution in [0.1, 0.15) is 34.6 Å². The molecule has 4 rings (SSSR count). The second-order valence-electron chi connectivity index (χ2n) is 7.51. The van der Waals surface area contributed by atoms with Crippen LogP contribution >= 0.6 is 0 Å². The van der Waals surface area contributed by atoms with Crippen LogP contribution in [0.3, 0.4) is 0 Å². The van der Waals surface area contributed by atoms with Gasteiger partial charge in [0.05, 0.1) is 4.92 Å². The number of hydrogen-bond donors (Lipinski definition) is 1. The predicted octanol–water partition coefficient (Wildman–Crippen LogP) is 5.18. The monoisotopic (exact) mass is 426 g/mol. The van der Waals surface area contributed by atoms with E-state index in [1.807, 2.05) is 24.3 Å². The first-order valence-electron chi connectivity index (χ1n) is 10.4. The second-order valence-corrected chi connectivity index (χ2v) is 7.51. The lowest BCUT2D eigenvalue weighted by molar-refractivity contribution is -0.385. The van der Waals surface area contributed by atoms with Crippen LogP contribution in [0, 0.1) is 28.9 Å². The Morgan fingerprint density at radius 3 is 2.34 bits per heavy atom. The quantitative estimate of drug-likeness (QED) is 0.264. The van der Waals surface area contributed by atoms with Gasteiger partial charge in [0.25, 0.3) is 5.69 Å². The van der Waals surface area contributed by atoms with Crippen molar-refractivity contribution in [1.29, 1.82) is 0 Å². The van der Waals surface area contributed by atoms with Crippen LogP contribution in [0.2, 0.25) is 0 Å². The summed E-state index contributed by atoms with van der Waals surface area (Å²) in [7, 11) is 0. The lowest BCUT2D eigenvalue weighted by atomic mass is 9.98. The van der Waals surface area contributed by atoms with Gasteiger partial charge in [-0.25, -0.2) is 4.79 Å². The number of nitrogens with zero attached hydrogens (tertiary/aromatic N) is 1. The molecule has 0 saturated heterocycles. The zero-order valence-corrected chi connectivity index (χ0v) is 17.6. The van der Waals surface area contributed by atoms with Crippen LogP contribution in [-0.4, -0.2) is 24.2 Å². The lowest BCUT2D eigenvalue weighted by Gasteiger charge is -2.14. The van der Waals surface area contributed by atoms with Gasteiger partial charge in [-0.3, -0.25) is 10.1 Å². The summed E-state index contributed by atoms with van der Waals surface area (Å²) in [6.45, 7) is 2.27. The maximum atomic E-state index is 12.2. The van der Waals surface area contributed by atoms with Gasteiger partial charge in [-0.1, -0.05) is 66.4 Å². The molecule has 0 spiro atoms. The maximum absolute atomic E-state index is 12.2. The smallest absolute Gasteiger partial charge is 0.407 e. The van der Waals surface area contributed by atoms with E-state index in [0.29, 0.717) is 24.1 Å². The summed E-state index contributed by atoms with van der Waals surface area (Å²) in [4.78, 5) is 22.8. The molecule has 32 heavy (non-hydrogen) atoms. The molecule has 0 aliphatic heterocycles. The Labute approximate surface area is 186 Å². The first-order valence-corrected chi connectivity index (χ1v) is 10.4. The van der Waals surface area contributed by atoms with E-state index in [2.05, 4.69) is 41.4 Å². The minimum atomic E-state index is -0.486. The van der Waals surface area contributed by atoms with Gasteiger partial charge < -0.3 is 10.1 Å². The number of carbonyl (C=O) groups is 1. The van der Waals surface area contributed by atoms with Crippen LogP contribution in [0.4, 0.5) is 10.5 Å². The Morgan fingerprint density at radius 2 is 1.69 bits per heavy atom. The van der Waals surface area contributed by atoms with E-state index in [9.17, 15) is 14.9 Å². The summed E-state index contributed by atoms with van der Waals surface area (Å²) in [5.41, 5.74) is 5.90. The van der Waals surface area contributed by atoms with E-state index >= 15 is 0 Å². The largest absolute Gasteiger partial charge is 0.449 e. The van der Waals surface area contributed by atoms with Crippen molar-refractivity contribution in [3.05, 3.63) is 99.1 Å². The molecule has 0 atom stereocenters. The van der Waals surface area contributed by atoms with Crippen molar-refractivity contribution >= 4 is 11.8 Å². The number of benzene rings is 3. The van der Waals surface area contributed by atoms with Gasteiger partial charge in [-0.05, 0) is 35.2 Å². The highest BCUT2D eigenvalue weighted by Gasteiger charge is 2.28. The highest BCUT2D eigenvalue weighted by Crippen LogP contribution is 2.44. The van der Waals surface area contributed by atoms with Crippen molar-refractivity contribution in [3.8, 4) is 23.0 Å². The van der Waals surface area contributed by atoms with Gasteiger partial charge in [-0.15, -0.1) is 0 Å². The molecule has 0 unspecified atom stereocenters. The second kappa shape index (κ2) is 9.36. The fourth-order valence-corrected chi connectivity index (χ4v) is 3.99. The number of nitrogens with one attached hydrogen (secondary N) is 1. The Balaban J connectivity index is 1.30. The van der Waals surface area contributed by atoms with Crippen molar-refractivity contribution in [2.45, 2.75) is 19.3 Å². The molecule has 0 saturated carbocycles. The third-order valence-electron chi connectivity index (χ3n) is 5.59. The van der Waals surface area contributed by atoms with Gasteiger partial charge in [0.2, 0.25) is 0 Å². The molecule has 0 aromatic heterocycles. The minimum absolute atomic E-state index is 0.0183. The number of carbonyl (C=O) groups excluding carboxylic acids is 1. The highest BCUT2D eigenvalue weighted by atomic mass is 16.6. The Morgan fingerprint density at radius 1 is 1.03 bits per heavy atom. The Bertz CT molecular complexity index is 1190. The Hall–Kier alpha value is -4.11. The zero-order chi connectivity index (χ0) is 22.5. The molecule has 0 bridgehead atoms. The van der Waals surface area contributed by atoms with Crippen LogP contribution in [0.15, 0.2) is 66.7 Å². The fraction of sp³-hybridized carbons (Fsp3) is 0.192. The van der Waals surface area contributed by atoms with Gasteiger partial charge in [-0.2, -0.15) is 0 Å². The standard InChI is InChI=1S/C26H22N2O4/c1-18-19(10-8-15-25(18)28(30)31)9-6-7-16-27-26(29)32-17-24-22-13-4-2-11-20(22)21-12-3-5-14-23(21)24/h2-5,8,10-15,24H,7,16-17H2,1H3,(H,27,29). The molecule has 3 aromatic carbocycles. The number of nitro benzene ring substituents is 1. The summed E-state index contributed by atoms with van der Waals surface area (Å²) in [6.07, 6.45) is -0.0769. The molecule has 1 aliphatic carbocycles. The Kier molecular flexibility index (Phi) is 6.18. The van der Waals surface area contributed by atoms with E-state index in [1.165, 1.54) is 28.3 Å². The zero-order valence-electron chi connectivity index (χ0n) is 17.6. The van der Waals surface area contributed by atoms with Crippen molar-refractivity contribution < 1.29 is 14.5 Å². The number of fused-ring (bicyclic) bond motifs is 3. The average molecular weight is 426 g/mol. The highest BCUT2D eigenvalue weighted by molar-refractivity contribution is 5.79. The lowest BCUT2D eigenvalue weighted by Crippen LogP contribution is -2.26. The molecule has 3 aromatic rings. The first kappa shape index (κ1) is 21.1. The molecular formula is C26H22N2O4. The van der Waals surface area contributed by atoms with Gasteiger partial charge in [0.1, 0.15) is 6.61 Å². The third-order valence-corrected chi connectivity index (χ3v) is 5.59. The number of ether oxygens (including phenoxy) is 1. The molecule has 6 heteroatoms. The number of amides is 1. The molecule has 0 radical (unpaired) electrons. The summed E-state index contributed by atoms with van der Waals surface area (Å²) >= 11 is 0. The maximum Gasteiger partial charge on any atom is 0.407 e. The number of rotatable bonds is 5. The topological polar surface area (TPSA) is 81.5 Å². The fourth-order valence-electron chi connectivity index (χ4n) is 3.99. The number of hydrogen-bond acceptors (Lipinski definition) is 4. The van der Waals surface area contributed by atoms with E-state index < -0.39 is 11.0 Å². The molecular weight excluding hydrogens is 404 g/mol. The minimum Gasteiger partial charge on any atom is -0.449 e. The van der Waals surface area contributed by atoms with E-state index in [4.69, 9.17) is 4.74 Å². The van der Waals surface area contributed by atoms with E-state index in [0.717, 1.165) is 0 Å². The summed E-state index contributed by atoms with van der Waals surface area (Å²) in [6, 6.07) is 21.2. The molecule has 0 fully saturated rings. The van der Waals surface area contributed by atoms with Crippen molar-refractivity contribution in [2.75, 3.05) is 13.2 Å². The van der Waals surface area contributed by atoms with Crippen molar-refractivity contribution in [2.24, 2.45) is 0 Å². The predicted molar refractivity (Wildman–Crippen MR) is 122 cm³/mol. The van der Waals surface area contributed by atoms with Crippen LogP contribution in [0.25, 0.3) is 11.1 Å². The van der Waals surface area contributed by atoms with Crippen molar-refractivity contribution in [1.82, 2.24) is 5.32 Å². The van der Waals surface area contributed by atoms with Crippen LogP contribution in [-0.2, 0) is 4.74 Å². The third kappa shape index (κ3) is 4.33. The van der Waals surface area contributed by atoms with Gasteiger partial charge in [0, 0.05) is 36.1 Å². The van der Waals surface area contributed by atoms with Crippen LogP contribution < -0.4 is 5.32 Å². The normalized spacial score (nSPS) is 11.7.